The average molecular weight is 405 g/mol. The summed E-state index contributed by atoms with van der Waals surface area (Å²) in [5, 5.41) is 16.4. The van der Waals surface area contributed by atoms with Gasteiger partial charge >= 0.3 is 6.18 Å². The molecular formula is C19H30F3N3O3. The van der Waals surface area contributed by atoms with Gasteiger partial charge in [-0.15, -0.1) is 0 Å². The highest BCUT2D eigenvalue weighted by Crippen LogP contribution is 2.20. The third kappa shape index (κ3) is 11.0. The van der Waals surface area contributed by atoms with Gasteiger partial charge in [-0.1, -0.05) is 12.1 Å². The Bertz CT molecular complexity index is 595. The number of aliphatic hydroxyl groups excluding tert-OH is 1. The van der Waals surface area contributed by atoms with E-state index in [1.165, 1.54) is 0 Å². The van der Waals surface area contributed by atoms with Gasteiger partial charge in [0.15, 0.2) is 5.96 Å². The first-order valence-electron chi connectivity index (χ1n) is 9.32. The van der Waals surface area contributed by atoms with Crippen LogP contribution in [0.5, 0.6) is 5.75 Å². The van der Waals surface area contributed by atoms with Crippen LogP contribution in [-0.2, 0) is 4.74 Å². The van der Waals surface area contributed by atoms with Crippen molar-refractivity contribution in [3.63, 3.8) is 0 Å². The first-order chi connectivity index (χ1) is 13.2. The summed E-state index contributed by atoms with van der Waals surface area (Å²) < 4.78 is 46.2. The summed E-state index contributed by atoms with van der Waals surface area (Å²) in [6.07, 6.45) is -4.67. The molecule has 28 heavy (non-hydrogen) atoms. The number of aliphatic imine (C=N–C) groups is 1. The Labute approximate surface area is 164 Å². The minimum Gasteiger partial charge on any atom is -0.491 e. The van der Waals surface area contributed by atoms with Crippen LogP contribution in [0.25, 0.3) is 0 Å². The molecule has 1 aromatic rings. The van der Waals surface area contributed by atoms with E-state index in [0.29, 0.717) is 36.8 Å². The molecule has 0 bridgehead atoms. The zero-order valence-corrected chi connectivity index (χ0v) is 16.6. The van der Waals surface area contributed by atoms with Crippen LogP contribution >= 0.6 is 0 Å². The summed E-state index contributed by atoms with van der Waals surface area (Å²) in [7, 11) is 0. The van der Waals surface area contributed by atoms with Crippen molar-refractivity contribution in [1.29, 1.82) is 0 Å². The number of hydrogen-bond donors (Lipinski definition) is 3. The van der Waals surface area contributed by atoms with Crippen molar-refractivity contribution >= 4 is 5.96 Å². The Morgan fingerprint density at radius 3 is 2.64 bits per heavy atom. The second kappa shape index (κ2) is 12.5. The number of rotatable bonds is 11. The minimum atomic E-state index is -4.31. The van der Waals surface area contributed by atoms with Gasteiger partial charge in [-0.3, -0.25) is 4.99 Å². The molecule has 160 valence electrons. The predicted octanol–water partition coefficient (Wildman–Crippen LogP) is 3.03. The lowest BCUT2D eigenvalue weighted by Gasteiger charge is -2.15. The number of alkyl halides is 3. The first-order valence-corrected chi connectivity index (χ1v) is 9.32. The number of aliphatic hydroxyl groups is 1. The van der Waals surface area contributed by atoms with Crippen LogP contribution in [0.3, 0.4) is 0 Å². The van der Waals surface area contributed by atoms with E-state index in [9.17, 15) is 18.3 Å². The van der Waals surface area contributed by atoms with Gasteiger partial charge in [-0.05, 0) is 44.9 Å². The van der Waals surface area contributed by atoms with Crippen LogP contribution in [0.2, 0.25) is 0 Å². The lowest BCUT2D eigenvalue weighted by atomic mass is 10.1. The molecule has 0 spiro atoms. The number of nitrogens with zero attached hydrogens (tertiary/aromatic N) is 1. The van der Waals surface area contributed by atoms with Crippen molar-refractivity contribution in [1.82, 2.24) is 10.6 Å². The Hall–Kier alpha value is -2.00. The van der Waals surface area contributed by atoms with Crippen LogP contribution in [0, 0.1) is 0 Å². The van der Waals surface area contributed by atoms with Crippen molar-refractivity contribution in [3.05, 3.63) is 29.8 Å². The molecule has 9 heteroatoms. The smallest absolute Gasteiger partial charge is 0.411 e. The Balaban J connectivity index is 2.48. The van der Waals surface area contributed by atoms with Gasteiger partial charge < -0.3 is 25.2 Å². The van der Waals surface area contributed by atoms with Crippen molar-refractivity contribution in [2.24, 2.45) is 4.99 Å². The van der Waals surface area contributed by atoms with Crippen molar-refractivity contribution in [2.75, 3.05) is 32.8 Å². The number of guanidine groups is 1. The van der Waals surface area contributed by atoms with E-state index in [1.54, 1.807) is 12.1 Å². The number of ether oxygens (including phenoxy) is 2. The van der Waals surface area contributed by atoms with Crippen molar-refractivity contribution in [2.45, 2.75) is 45.6 Å². The van der Waals surface area contributed by atoms with Gasteiger partial charge in [0, 0.05) is 19.7 Å². The molecule has 0 aliphatic heterocycles. The van der Waals surface area contributed by atoms with Crippen LogP contribution < -0.4 is 15.4 Å². The fourth-order valence-corrected chi connectivity index (χ4v) is 2.26. The van der Waals surface area contributed by atoms with E-state index in [0.717, 1.165) is 0 Å². The van der Waals surface area contributed by atoms with E-state index >= 15 is 0 Å². The summed E-state index contributed by atoms with van der Waals surface area (Å²) in [5.41, 5.74) is 0.693. The number of nitrogens with one attached hydrogen (secondary N) is 2. The molecule has 0 saturated heterocycles. The zero-order valence-electron chi connectivity index (χ0n) is 16.6. The van der Waals surface area contributed by atoms with Crippen LogP contribution in [0.15, 0.2) is 29.3 Å². The molecule has 0 fully saturated rings. The molecule has 0 aliphatic rings. The molecule has 6 nitrogen and oxygen atoms in total. The number of halogens is 3. The maximum absolute atomic E-state index is 12.0. The molecule has 0 saturated carbocycles. The van der Waals surface area contributed by atoms with E-state index in [1.807, 2.05) is 32.9 Å². The van der Waals surface area contributed by atoms with E-state index in [-0.39, 0.29) is 19.3 Å². The molecule has 1 atom stereocenters. The standard InChI is InChI=1S/C19H30F3N3O3/c1-4-23-18(24-9-6-10-27-13-19(20,21)22)25-12-17(26)15-7-5-8-16(11-15)28-14(2)3/h5,7-8,11,14,17,26H,4,6,9-10,12-13H2,1-3H3,(H2,23,24,25). The monoisotopic (exact) mass is 405 g/mol. The van der Waals surface area contributed by atoms with E-state index in [4.69, 9.17) is 4.74 Å². The molecule has 0 radical (unpaired) electrons. The van der Waals surface area contributed by atoms with Crippen LogP contribution in [0.1, 0.15) is 38.9 Å². The molecule has 3 N–H and O–H groups in total. The molecule has 0 aliphatic carbocycles. The largest absolute Gasteiger partial charge is 0.491 e. The molecule has 1 rings (SSSR count). The lowest BCUT2D eigenvalue weighted by molar-refractivity contribution is -0.173. The third-order valence-corrected chi connectivity index (χ3v) is 3.40. The lowest BCUT2D eigenvalue weighted by Crippen LogP contribution is -2.38. The van der Waals surface area contributed by atoms with Gasteiger partial charge in [-0.25, -0.2) is 0 Å². The quantitative estimate of drug-likeness (QED) is 0.300. The topological polar surface area (TPSA) is 75.1 Å². The maximum atomic E-state index is 12.0. The molecule has 0 amide bonds. The van der Waals surface area contributed by atoms with Crippen LogP contribution in [-0.4, -0.2) is 56.2 Å². The molecule has 0 aromatic heterocycles. The first kappa shape index (κ1) is 24.0. The summed E-state index contributed by atoms with van der Waals surface area (Å²) in [6.45, 7) is 5.65. The van der Waals surface area contributed by atoms with Crippen molar-refractivity contribution in [3.8, 4) is 5.75 Å². The van der Waals surface area contributed by atoms with Crippen LogP contribution in [0.4, 0.5) is 13.2 Å². The van der Waals surface area contributed by atoms with Crippen molar-refractivity contribution < 1.29 is 27.8 Å². The second-order valence-electron chi connectivity index (χ2n) is 6.42. The highest BCUT2D eigenvalue weighted by molar-refractivity contribution is 5.79. The Morgan fingerprint density at radius 2 is 2.00 bits per heavy atom. The normalized spacial score (nSPS) is 13.5. The van der Waals surface area contributed by atoms with E-state index < -0.39 is 18.9 Å². The molecule has 1 unspecified atom stereocenters. The predicted molar refractivity (Wildman–Crippen MR) is 103 cm³/mol. The SMILES string of the molecule is CCNC(=NCC(O)c1cccc(OC(C)C)c1)NCCCOCC(F)(F)F. The third-order valence-electron chi connectivity index (χ3n) is 3.40. The Morgan fingerprint density at radius 1 is 1.25 bits per heavy atom. The second-order valence-corrected chi connectivity index (χ2v) is 6.42. The van der Waals surface area contributed by atoms with Gasteiger partial charge in [0.25, 0.3) is 0 Å². The highest BCUT2D eigenvalue weighted by atomic mass is 19.4. The minimum absolute atomic E-state index is 0.00279. The Kier molecular flexibility index (Phi) is 10.7. The van der Waals surface area contributed by atoms with Gasteiger partial charge in [0.1, 0.15) is 12.4 Å². The average Bonchev–Trinajstić information content (AvgIpc) is 2.61. The summed E-state index contributed by atoms with van der Waals surface area (Å²) in [4.78, 5) is 4.32. The molecule has 1 aromatic carbocycles. The van der Waals surface area contributed by atoms with Gasteiger partial charge in [-0.2, -0.15) is 13.2 Å². The summed E-state index contributed by atoms with van der Waals surface area (Å²) >= 11 is 0. The highest BCUT2D eigenvalue weighted by Gasteiger charge is 2.27. The number of benzene rings is 1. The van der Waals surface area contributed by atoms with E-state index in [2.05, 4.69) is 20.4 Å². The number of hydrogen-bond acceptors (Lipinski definition) is 4. The fraction of sp³-hybridized carbons (Fsp3) is 0.632. The molecular weight excluding hydrogens is 375 g/mol. The fourth-order valence-electron chi connectivity index (χ4n) is 2.26. The molecule has 0 heterocycles. The van der Waals surface area contributed by atoms with Gasteiger partial charge in [0.05, 0.1) is 18.8 Å². The summed E-state index contributed by atoms with van der Waals surface area (Å²) in [5.74, 6) is 1.16. The summed E-state index contributed by atoms with van der Waals surface area (Å²) in [6, 6.07) is 7.21. The zero-order chi connectivity index (χ0) is 21.0. The van der Waals surface area contributed by atoms with Gasteiger partial charge in [0.2, 0.25) is 0 Å². The maximum Gasteiger partial charge on any atom is 0.411 e.